The molecule has 1 aliphatic rings. The molecule has 144 valence electrons. The number of morpholine rings is 1. The molecule has 1 fully saturated rings. The number of aromatic nitrogens is 2. The van der Waals surface area contributed by atoms with Gasteiger partial charge in [0.15, 0.2) is 6.61 Å². The van der Waals surface area contributed by atoms with Gasteiger partial charge >= 0.3 is 0 Å². The Bertz CT molecular complexity index is 805. The SMILES string of the molecule is Cc1cccc(OCC(=O)N2CCOCC2CNC(=O)c2cn(C)cn2)c1. The Morgan fingerprint density at radius 1 is 1.41 bits per heavy atom. The number of nitrogens with one attached hydrogen (secondary N) is 1. The Morgan fingerprint density at radius 3 is 3.00 bits per heavy atom. The van der Waals surface area contributed by atoms with Crippen molar-refractivity contribution < 1.29 is 19.1 Å². The number of benzene rings is 1. The van der Waals surface area contributed by atoms with Crippen LogP contribution >= 0.6 is 0 Å². The summed E-state index contributed by atoms with van der Waals surface area (Å²) in [6.07, 6.45) is 3.21. The van der Waals surface area contributed by atoms with Crippen LogP contribution in [0.25, 0.3) is 0 Å². The van der Waals surface area contributed by atoms with E-state index in [1.54, 1.807) is 29.0 Å². The number of hydrogen-bond donors (Lipinski definition) is 1. The smallest absolute Gasteiger partial charge is 0.271 e. The van der Waals surface area contributed by atoms with Crippen LogP contribution in [0.15, 0.2) is 36.8 Å². The molecule has 0 saturated carbocycles. The molecule has 8 heteroatoms. The molecule has 1 aromatic carbocycles. The third-order valence-electron chi connectivity index (χ3n) is 4.34. The summed E-state index contributed by atoms with van der Waals surface area (Å²) in [4.78, 5) is 30.5. The highest BCUT2D eigenvalue weighted by Crippen LogP contribution is 2.13. The molecule has 1 aliphatic heterocycles. The molecule has 0 spiro atoms. The van der Waals surface area contributed by atoms with Gasteiger partial charge in [0.1, 0.15) is 11.4 Å². The van der Waals surface area contributed by atoms with Gasteiger partial charge in [-0.25, -0.2) is 4.98 Å². The molecule has 3 rings (SSSR count). The molecule has 0 bridgehead atoms. The zero-order valence-electron chi connectivity index (χ0n) is 15.6. The van der Waals surface area contributed by atoms with Crippen LogP contribution in [-0.2, 0) is 16.6 Å². The summed E-state index contributed by atoms with van der Waals surface area (Å²) in [6, 6.07) is 7.33. The minimum atomic E-state index is -0.274. The molecule has 2 aromatic rings. The van der Waals surface area contributed by atoms with Crippen LogP contribution in [0.1, 0.15) is 16.1 Å². The molecule has 1 atom stereocenters. The first-order valence-corrected chi connectivity index (χ1v) is 8.86. The molecule has 1 unspecified atom stereocenters. The largest absolute Gasteiger partial charge is 0.484 e. The third-order valence-corrected chi connectivity index (χ3v) is 4.34. The molecule has 1 aromatic heterocycles. The Kier molecular flexibility index (Phi) is 6.08. The van der Waals surface area contributed by atoms with E-state index >= 15 is 0 Å². The highest BCUT2D eigenvalue weighted by Gasteiger charge is 2.28. The van der Waals surface area contributed by atoms with Crippen molar-refractivity contribution in [2.75, 3.05) is 32.9 Å². The molecular weight excluding hydrogens is 348 g/mol. The number of ether oxygens (including phenoxy) is 2. The number of rotatable bonds is 6. The molecule has 1 saturated heterocycles. The van der Waals surface area contributed by atoms with Crippen molar-refractivity contribution in [2.24, 2.45) is 7.05 Å². The number of carbonyl (C=O) groups is 2. The molecule has 27 heavy (non-hydrogen) atoms. The minimum absolute atomic E-state index is 0.0475. The fourth-order valence-electron chi connectivity index (χ4n) is 2.92. The number of aryl methyl sites for hydroxylation is 2. The van der Waals surface area contributed by atoms with Gasteiger partial charge in [-0.1, -0.05) is 12.1 Å². The molecule has 0 aliphatic carbocycles. The van der Waals surface area contributed by atoms with Crippen LogP contribution in [0.2, 0.25) is 0 Å². The van der Waals surface area contributed by atoms with Crippen molar-refractivity contribution in [1.29, 1.82) is 0 Å². The first-order valence-electron chi connectivity index (χ1n) is 8.86. The van der Waals surface area contributed by atoms with E-state index in [0.717, 1.165) is 5.56 Å². The van der Waals surface area contributed by atoms with E-state index < -0.39 is 0 Å². The first-order chi connectivity index (χ1) is 13.0. The highest BCUT2D eigenvalue weighted by molar-refractivity contribution is 5.92. The molecule has 2 heterocycles. The van der Waals surface area contributed by atoms with Crippen molar-refractivity contribution in [3.8, 4) is 5.75 Å². The summed E-state index contributed by atoms with van der Waals surface area (Å²) in [7, 11) is 1.80. The fourth-order valence-corrected chi connectivity index (χ4v) is 2.92. The van der Waals surface area contributed by atoms with Crippen molar-refractivity contribution in [1.82, 2.24) is 19.8 Å². The second kappa shape index (κ2) is 8.68. The number of hydrogen-bond acceptors (Lipinski definition) is 5. The van der Waals surface area contributed by atoms with Crippen molar-refractivity contribution >= 4 is 11.8 Å². The van der Waals surface area contributed by atoms with Crippen LogP contribution in [0, 0.1) is 6.92 Å². The predicted molar refractivity (Wildman–Crippen MR) is 98.5 cm³/mol. The third kappa shape index (κ3) is 5.07. The summed E-state index contributed by atoms with van der Waals surface area (Å²) < 4.78 is 12.8. The van der Waals surface area contributed by atoms with E-state index in [9.17, 15) is 9.59 Å². The number of amides is 2. The van der Waals surface area contributed by atoms with E-state index in [1.165, 1.54) is 0 Å². The maximum atomic E-state index is 12.6. The Balaban J connectivity index is 1.54. The van der Waals surface area contributed by atoms with Crippen LogP contribution in [0.5, 0.6) is 5.75 Å². The van der Waals surface area contributed by atoms with Crippen LogP contribution in [0.4, 0.5) is 0 Å². The summed E-state index contributed by atoms with van der Waals surface area (Å²) in [5.41, 5.74) is 1.41. The van der Waals surface area contributed by atoms with Crippen molar-refractivity contribution in [3.05, 3.63) is 48.0 Å². The fraction of sp³-hybridized carbons (Fsp3) is 0.421. The lowest BCUT2D eigenvalue weighted by Gasteiger charge is -2.35. The Morgan fingerprint density at radius 2 is 2.26 bits per heavy atom. The average molecular weight is 372 g/mol. The number of imidazole rings is 1. The van der Waals surface area contributed by atoms with Crippen LogP contribution < -0.4 is 10.1 Å². The van der Waals surface area contributed by atoms with E-state index in [-0.39, 0.29) is 24.5 Å². The van der Waals surface area contributed by atoms with Gasteiger partial charge in [-0.2, -0.15) is 0 Å². The molecule has 8 nitrogen and oxygen atoms in total. The van der Waals surface area contributed by atoms with Gasteiger partial charge in [-0.15, -0.1) is 0 Å². The van der Waals surface area contributed by atoms with Gasteiger partial charge < -0.3 is 24.3 Å². The molecule has 2 amide bonds. The summed E-state index contributed by atoms with van der Waals surface area (Å²) in [5.74, 6) is 0.262. The van der Waals surface area contributed by atoms with Gasteiger partial charge in [0.2, 0.25) is 0 Å². The normalized spacial score (nSPS) is 16.8. The van der Waals surface area contributed by atoms with Crippen LogP contribution in [-0.4, -0.2) is 65.2 Å². The van der Waals surface area contributed by atoms with Gasteiger partial charge in [-0.3, -0.25) is 9.59 Å². The lowest BCUT2D eigenvalue weighted by atomic mass is 10.2. The second-order valence-corrected chi connectivity index (χ2v) is 6.56. The minimum Gasteiger partial charge on any atom is -0.484 e. The quantitative estimate of drug-likeness (QED) is 0.809. The second-order valence-electron chi connectivity index (χ2n) is 6.56. The average Bonchev–Trinajstić information content (AvgIpc) is 3.11. The van der Waals surface area contributed by atoms with Crippen LogP contribution in [0.3, 0.4) is 0 Å². The Labute approximate surface area is 158 Å². The zero-order chi connectivity index (χ0) is 19.2. The molecular formula is C19H24N4O4. The Hall–Kier alpha value is -2.87. The number of carbonyl (C=O) groups excluding carboxylic acids is 2. The predicted octanol–water partition coefficient (Wildman–Crippen LogP) is 0.765. The van der Waals surface area contributed by atoms with Crippen molar-refractivity contribution in [3.63, 3.8) is 0 Å². The van der Waals surface area contributed by atoms with E-state index in [0.29, 0.717) is 37.7 Å². The standard InChI is InChI=1S/C19H24N4O4/c1-14-4-3-5-16(8-14)27-12-18(24)23-6-7-26-11-15(23)9-20-19(25)17-10-22(2)13-21-17/h3-5,8,10,13,15H,6-7,9,11-12H2,1-2H3,(H,20,25). The monoisotopic (exact) mass is 372 g/mol. The van der Waals surface area contributed by atoms with E-state index in [2.05, 4.69) is 10.3 Å². The summed E-state index contributed by atoms with van der Waals surface area (Å²) >= 11 is 0. The zero-order valence-corrected chi connectivity index (χ0v) is 15.6. The maximum absolute atomic E-state index is 12.6. The topological polar surface area (TPSA) is 85.7 Å². The van der Waals surface area contributed by atoms with Gasteiger partial charge in [0.25, 0.3) is 11.8 Å². The first kappa shape index (κ1) is 18.9. The maximum Gasteiger partial charge on any atom is 0.271 e. The van der Waals surface area contributed by atoms with E-state index in [1.807, 2.05) is 31.2 Å². The summed E-state index contributed by atoms with van der Waals surface area (Å²) in [5, 5.41) is 2.82. The molecule has 0 radical (unpaired) electrons. The lowest BCUT2D eigenvalue weighted by Crippen LogP contribution is -2.54. The van der Waals surface area contributed by atoms with Gasteiger partial charge in [0, 0.05) is 26.3 Å². The van der Waals surface area contributed by atoms with E-state index in [4.69, 9.17) is 9.47 Å². The van der Waals surface area contributed by atoms with Gasteiger partial charge in [-0.05, 0) is 24.6 Å². The van der Waals surface area contributed by atoms with Crippen molar-refractivity contribution in [2.45, 2.75) is 13.0 Å². The molecule has 1 N–H and O–H groups in total. The number of nitrogens with zero attached hydrogens (tertiary/aromatic N) is 3. The highest BCUT2D eigenvalue weighted by atomic mass is 16.5. The lowest BCUT2D eigenvalue weighted by molar-refractivity contribution is -0.141. The van der Waals surface area contributed by atoms with Gasteiger partial charge in [0.05, 0.1) is 25.6 Å². The summed E-state index contributed by atoms with van der Waals surface area (Å²) in [6.45, 7) is 3.54.